The van der Waals surface area contributed by atoms with Crippen molar-refractivity contribution in [3.05, 3.63) is 33.1 Å². The van der Waals surface area contributed by atoms with Crippen molar-refractivity contribution in [2.45, 2.75) is 24.3 Å². The van der Waals surface area contributed by atoms with Gasteiger partial charge in [-0.1, -0.05) is 0 Å². The second-order valence-electron chi connectivity index (χ2n) is 3.89. The van der Waals surface area contributed by atoms with Crippen LogP contribution in [-0.4, -0.2) is 49.5 Å². The van der Waals surface area contributed by atoms with E-state index in [1.165, 1.54) is 0 Å². The van der Waals surface area contributed by atoms with E-state index >= 15 is 0 Å². The Morgan fingerprint density at radius 2 is 2.22 bits per heavy atom. The van der Waals surface area contributed by atoms with E-state index in [-0.39, 0.29) is 0 Å². The lowest BCUT2D eigenvalue weighted by Crippen LogP contribution is -2.45. The number of H-pyrrole nitrogens is 1. The van der Waals surface area contributed by atoms with Gasteiger partial charge in [-0.15, -0.1) is 0 Å². The number of hydrogen-bond donors (Lipinski definition) is 4. The van der Waals surface area contributed by atoms with Crippen LogP contribution < -0.4 is 11.2 Å². The lowest BCUT2D eigenvalue weighted by atomic mass is 10.1. The maximum atomic E-state index is 13.6. The SMILES string of the molecule is O=c1ccn([C@@H]2O[C@H](CO)[C@](O)(F)[C@H]2O)c(=O)[nH]1. The summed E-state index contributed by atoms with van der Waals surface area (Å²) in [6.07, 6.45) is -4.30. The van der Waals surface area contributed by atoms with Gasteiger partial charge in [-0.05, 0) is 0 Å². The summed E-state index contributed by atoms with van der Waals surface area (Å²) in [5, 5.41) is 27.7. The smallest absolute Gasteiger partial charge is 0.330 e. The highest BCUT2D eigenvalue weighted by Gasteiger charge is 2.57. The third-order valence-corrected chi connectivity index (χ3v) is 2.73. The number of aliphatic hydroxyl groups excluding tert-OH is 2. The molecular formula is C9H11FN2O6. The fraction of sp³-hybridized carbons (Fsp3) is 0.556. The number of rotatable bonds is 2. The highest BCUT2D eigenvalue weighted by Crippen LogP contribution is 2.37. The molecule has 0 aliphatic carbocycles. The van der Waals surface area contributed by atoms with Crippen LogP contribution in [0.2, 0.25) is 0 Å². The molecule has 0 unspecified atom stereocenters. The first-order valence-electron chi connectivity index (χ1n) is 5.05. The van der Waals surface area contributed by atoms with Gasteiger partial charge in [0.15, 0.2) is 12.3 Å². The zero-order valence-corrected chi connectivity index (χ0v) is 8.99. The molecule has 0 spiro atoms. The molecule has 1 aromatic rings. The fourth-order valence-electron chi connectivity index (χ4n) is 1.75. The van der Waals surface area contributed by atoms with Crippen molar-refractivity contribution in [3.8, 4) is 0 Å². The molecule has 0 bridgehead atoms. The van der Waals surface area contributed by atoms with Gasteiger partial charge >= 0.3 is 5.69 Å². The molecule has 0 saturated carbocycles. The largest absolute Gasteiger partial charge is 0.393 e. The molecule has 4 atom stereocenters. The first-order chi connectivity index (χ1) is 8.37. The second kappa shape index (κ2) is 4.28. The van der Waals surface area contributed by atoms with Crippen LogP contribution in [-0.2, 0) is 4.74 Å². The van der Waals surface area contributed by atoms with Gasteiger partial charge in [0.1, 0.15) is 6.10 Å². The molecule has 0 amide bonds. The molecule has 1 saturated heterocycles. The van der Waals surface area contributed by atoms with E-state index in [1.807, 2.05) is 4.98 Å². The number of nitrogens with zero attached hydrogens (tertiary/aromatic N) is 1. The Labute approximate surface area is 98.9 Å². The highest BCUT2D eigenvalue weighted by molar-refractivity contribution is 4.97. The summed E-state index contributed by atoms with van der Waals surface area (Å²) in [6.45, 7) is -0.876. The van der Waals surface area contributed by atoms with Gasteiger partial charge in [-0.2, -0.15) is 0 Å². The summed E-state index contributed by atoms with van der Waals surface area (Å²) in [7, 11) is 0. The lowest BCUT2D eigenvalue weighted by molar-refractivity contribution is -0.181. The highest BCUT2D eigenvalue weighted by atomic mass is 19.2. The average Bonchev–Trinajstić information content (AvgIpc) is 2.52. The van der Waals surface area contributed by atoms with E-state index in [0.29, 0.717) is 4.57 Å². The number of halogens is 1. The minimum Gasteiger partial charge on any atom is -0.393 e. The number of hydrogen-bond acceptors (Lipinski definition) is 6. The van der Waals surface area contributed by atoms with Gasteiger partial charge < -0.3 is 20.1 Å². The molecule has 0 aromatic carbocycles. The van der Waals surface area contributed by atoms with E-state index < -0.39 is 42.1 Å². The van der Waals surface area contributed by atoms with Gasteiger partial charge in [0.05, 0.1) is 6.61 Å². The fourth-order valence-corrected chi connectivity index (χ4v) is 1.75. The normalized spacial score (nSPS) is 35.9. The molecule has 1 aromatic heterocycles. The monoisotopic (exact) mass is 262 g/mol. The standard InChI is InChI=1S/C9H11FN2O6/c10-9(17)4(3-13)18-7(6(9)15)12-2-1-5(14)11-8(12)16/h1-2,4,6-7,13,15,17H,3H2,(H,11,14,16)/t4-,6+,7-,9-/m1/s1. The van der Waals surface area contributed by atoms with Crippen LogP contribution in [0.25, 0.3) is 0 Å². The van der Waals surface area contributed by atoms with Crippen molar-refractivity contribution < 1.29 is 24.4 Å². The van der Waals surface area contributed by atoms with Gasteiger partial charge in [0.2, 0.25) is 0 Å². The number of aliphatic hydroxyl groups is 3. The van der Waals surface area contributed by atoms with Gasteiger partial charge in [-0.3, -0.25) is 14.3 Å². The van der Waals surface area contributed by atoms with Gasteiger partial charge in [-0.25, -0.2) is 9.18 Å². The first kappa shape index (κ1) is 12.9. The molecule has 1 aliphatic rings. The van der Waals surface area contributed by atoms with Crippen LogP contribution in [0.1, 0.15) is 6.23 Å². The van der Waals surface area contributed by atoms with Crippen LogP contribution in [0.15, 0.2) is 21.9 Å². The summed E-state index contributed by atoms with van der Waals surface area (Å²) >= 11 is 0. The Morgan fingerprint density at radius 3 is 2.72 bits per heavy atom. The van der Waals surface area contributed by atoms with E-state index in [9.17, 15) is 24.2 Å². The zero-order chi connectivity index (χ0) is 13.5. The van der Waals surface area contributed by atoms with Crippen LogP contribution >= 0.6 is 0 Å². The average molecular weight is 262 g/mol. The maximum absolute atomic E-state index is 13.6. The van der Waals surface area contributed by atoms with Crippen molar-refractivity contribution in [1.82, 2.24) is 9.55 Å². The van der Waals surface area contributed by atoms with Crippen LogP contribution in [0.5, 0.6) is 0 Å². The van der Waals surface area contributed by atoms with Crippen LogP contribution in [0.4, 0.5) is 4.39 Å². The molecule has 18 heavy (non-hydrogen) atoms. The summed E-state index contributed by atoms with van der Waals surface area (Å²) in [5.74, 6) is -3.19. The lowest BCUT2D eigenvalue weighted by Gasteiger charge is -2.20. The predicted octanol–water partition coefficient (Wildman–Crippen LogP) is -2.55. The van der Waals surface area contributed by atoms with E-state index in [4.69, 9.17) is 9.84 Å². The first-order valence-corrected chi connectivity index (χ1v) is 5.05. The second-order valence-corrected chi connectivity index (χ2v) is 3.89. The Kier molecular flexibility index (Phi) is 3.07. The minimum atomic E-state index is -3.19. The number of alkyl halides is 1. The van der Waals surface area contributed by atoms with E-state index in [2.05, 4.69) is 0 Å². The van der Waals surface area contributed by atoms with Crippen LogP contribution in [0, 0.1) is 0 Å². The molecule has 2 heterocycles. The molecule has 9 heteroatoms. The molecule has 2 rings (SSSR count). The molecule has 0 radical (unpaired) electrons. The third-order valence-electron chi connectivity index (χ3n) is 2.73. The third kappa shape index (κ3) is 1.86. The molecule has 8 nitrogen and oxygen atoms in total. The van der Waals surface area contributed by atoms with Crippen molar-refractivity contribution in [2.24, 2.45) is 0 Å². The Bertz CT molecular complexity index is 552. The van der Waals surface area contributed by atoms with E-state index in [1.54, 1.807) is 0 Å². The molecular weight excluding hydrogens is 251 g/mol. The van der Waals surface area contributed by atoms with Crippen LogP contribution in [0.3, 0.4) is 0 Å². The number of ether oxygens (including phenoxy) is 1. The molecule has 100 valence electrons. The minimum absolute atomic E-state index is 0.669. The molecule has 1 fully saturated rings. The topological polar surface area (TPSA) is 125 Å². The Hall–Kier alpha value is -1.55. The van der Waals surface area contributed by atoms with E-state index in [0.717, 1.165) is 12.3 Å². The summed E-state index contributed by atoms with van der Waals surface area (Å²) in [6, 6.07) is 0.973. The quantitative estimate of drug-likeness (QED) is 0.465. The predicted molar refractivity (Wildman–Crippen MR) is 54.4 cm³/mol. The summed E-state index contributed by atoms with van der Waals surface area (Å²) in [5.41, 5.74) is -1.60. The molecule has 1 aliphatic heterocycles. The number of aromatic amines is 1. The Balaban J connectivity index is 2.41. The van der Waals surface area contributed by atoms with Gasteiger partial charge in [0.25, 0.3) is 11.4 Å². The molecule has 4 N–H and O–H groups in total. The van der Waals surface area contributed by atoms with Crippen molar-refractivity contribution in [2.75, 3.05) is 6.61 Å². The summed E-state index contributed by atoms with van der Waals surface area (Å²) < 4.78 is 19.2. The van der Waals surface area contributed by atoms with Crippen molar-refractivity contribution in [1.29, 1.82) is 0 Å². The maximum Gasteiger partial charge on any atom is 0.330 e. The Morgan fingerprint density at radius 1 is 1.56 bits per heavy atom. The zero-order valence-electron chi connectivity index (χ0n) is 8.99. The number of aromatic nitrogens is 2. The van der Waals surface area contributed by atoms with Crippen molar-refractivity contribution in [3.63, 3.8) is 0 Å². The van der Waals surface area contributed by atoms with Crippen molar-refractivity contribution >= 4 is 0 Å². The number of nitrogens with one attached hydrogen (secondary N) is 1. The summed E-state index contributed by atoms with van der Waals surface area (Å²) in [4.78, 5) is 24.2. The van der Waals surface area contributed by atoms with Gasteiger partial charge in [0, 0.05) is 12.3 Å².